The molecule has 4 rings (SSSR count). The van der Waals surface area contributed by atoms with Crippen LogP contribution < -0.4 is 10.6 Å². The van der Waals surface area contributed by atoms with Crippen molar-refractivity contribution in [1.82, 2.24) is 15.1 Å². The van der Waals surface area contributed by atoms with E-state index in [1.807, 2.05) is 13.8 Å². The van der Waals surface area contributed by atoms with Gasteiger partial charge in [0.15, 0.2) is 0 Å². The molecule has 2 aliphatic heterocycles. The molecule has 2 N–H and O–H groups in total. The van der Waals surface area contributed by atoms with E-state index in [2.05, 4.69) is 17.2 Å². The molecule has 4 amide bonds. The Labute approximate surface area is 214 Å². The summed E-state index contributed by atoms with van der Waals surface area (Å²) in [7, 11) is 0. The Morgan fingerprint density at radius 3 is 2.47 bits per heavy atom. The Morgan fingerprint density at radius 1 is 1.19 bits per heavy atom. The van der Waals surface area contributed by atoms with Gasteiger partial charge in [0, 0.05) is 17.3 Å². The standard InChI is InChI=1S/C27H28ClFN4O3/c1-4-13-32-22-15-33(21(14-16(2)3)25(34)30-20-11-9-19(29)10-12-20)26(35)23(22)24(31-27(32)36)17-5-7-18(28)8-6-17/h4-12,16,21,24H,1,13-15H2,2-3H3,(H,30,34)(H,31,36). The number of rotatable bonds is 8. The number of nitrogens with one attached hydrogen (secondary N) is 2. The first-order valence-electron chi connectivity index (χ1n) is 11.7. The van der Waals surface area contributed by atoms with Gasteiger partial charge in [-0.1, -0.05) is 43.7 Å². The first kappa shape index (κ1) is 25.4. The SMILES string of the molecule is C=CCN1C(=O)NC(c2ccc(Cl)cc2)C2=C1CN(C(CC(C)C)C(=O)Nc1ccc(F)cc1)C2=O. The minimum atomic E-state index is -0.792. The first-order valence-corrected chi connectivity index (χ1v) is 12.1. The molecule has 2 aliphatic rings. The van der Waals surface area contributed by atoms with Gasteiger partial charge in [-0.2, -0.15) is 0 Å². The van der Waals surface area contributed by atoms with E-state index in [1.54, 1.807) is 30.3 Å². The molecule has 188 valence electrons. The molecule has 0 aliphatic carbocycles. The van der Waals surface area contributed by atoms with Crippen molar-refractivity contribution in [2.75, 3.05) is 18.4 Å². The van der Waals surface area contributed by atoms with Crippen molar-refractivity contribution in [2.45, 2.75) is 32.4 Å². The maximum atomic E-state index is 13.9. The predicted molar refractivity (Wildman–Crippen MR) is 137 cm³/mol. The van der Waals surface area contributed by atoms with Crippen molar-refractivity contribution in [3.63, 3.8) is 0 Å². The van der Waals surface area contributed by atoms with Crippen LogP contribution in [0, 0.1) is 11.7 Å². The molecule has 2 unspecified atom stereocenters. The molecule has 0 fully saturated rings. The molecule has 2 aromatic carbocycles. The van der Waals surface area contributed by atoms with E-state index in [0.717, 1.165) is 0 Å². The second-order valence-electron chi connectivity index (χ2n) is 9.27. The fourth-order valence-corrected chi connectivity index (χ4v) is 4.70. The summed E-state index contributed by atoms with van der Waals surface area (Å²) < 4.78 is 13.3. The number of halogens is 2. The minimum absolute atomic E-state index is 0.105. The Hall–Kier alpha value is -3.65. The maximum Gasteiger partial charge on any atom is 0.322 e. The molecule has 7 nitrogen and oxygen atoms in total. The van der Waals surface area contributed by atoms with Crippen LogP contribution in [0.2, 0.25) is 5.02 Å². The molecular formula is C27H28ClFN4O3. The molecule has 2 aromatic rings. The molecule has 0 bridgehead atoms. The highest BCUT2D eigenvalue weighted by atomic mass is 35.5. The number of anilines is 1. The van der Waals surface area contributed by atoms with Gasteiger partial charge in [0.05, 0.1) is 23.9 Å². The lowest BCUT2D eigenvalue weighted by atomic mass is 9.95. The summed E-state index contributed by atoms with van der Waals surface area (Å²) in [6.07, 6.45) is 2.00. The number of hydrogen-bond donors (Lipinski definition) is 2. The number of amides is 4. The van der Waals surface area contributed by atoms with E-state index in [-0.39, 0.29) is 36.9 Å². The van der Waals surface area contributed by atoms with Crippen molar-refractivity contribution < 1.29 is 18.8 Å². The van der Waals surface area contributed by atoms with Crippen LogP contribution in [0.3, 0.4) is 0 Å². The van der Waals surface area contributed by atoms with Crippen molar-refractivity contribution >= 4 is 35.1 Å². The number of urea groups is 1. The summed E-state index contributed by atoms with van der Waals surface area (Å²) in [4.78, 5) is 43.3. The van der Waals surface area contributed by atoms with Crippen LogP contribution in [0.15, 0.2) is 72.5 Å². The molecular weight excluding hydrogens is 483 g/mol. The molecule has 0 spiro atoms. The zero-order valence-corrected chi connectivity index (χ0v) is 20.9. The van der Waals surface area contributed by atoms with Crippen molar-refractivity contribution in [1.29, 1.82) is 0 Å². The molecule has 36 heavy (non-hydrogen) atoms. The third-order valence-corrected chi connectivity index (χ3v) is 6.50. The topological polar surface area (TPSA) is 81.8 Å². The van der Waals surface area contributed by atoms with Crippen LogP contribution in [0.1, 0.15) is 31.9 Å². The van der Waals surface area contributed by atoms with E-state index in [9.17, 15) is 18.8 Å². The third kappa shape index (κ3) is 5.14. The highest BCUT2D eigenvalue weighted by Crippen LogP contribution is 2.38. The predicted octanol–water partition coefficient (Wildman–Crippen LogP) is 4.88. The van der Waals surface area contributed by atoms with Crippen LogP contribution in [0.25, 0.3) is 0 Å². The lowest BCUT2D eigenvalue weighted by Crippen LogP contribution is -2.47. The summed E-state index contributed by atoms with van der Waals surface area (Å²) in [5.74, 6) is -0.999. The van der Waals surface area contributed by atoms with Crippen molar-refractivity contribution in [2.24, 2.45) is 5.92 Å². The largest absolute Gasteiger partial charge is 0.326 e. The van der Waals surface area contributed by atoms with Gasteiger partial charge in [-0.3, -0.25) is 14.5 Å². The monoisotopic (exact) mass is 510 g/mol. The van der Waals surface area contributed by atoms with Crippen LogP contribution >= 0.6 is 11.6 Å². The quantitative estimate of drug-likeness (QED) is 0.496. The number of benzene rings is 2. The van der Waals surface area contributed by atoms with Crippen LogP contribution in [-0.2, 0) is 9.59 Å². The summed E-state index contributed by atoms with van der Waals surface area (Å²) >= 11 is 6.05. The summed E-state index contributed by atoms with van der Waals surface area (Å²) in [5, 5.41) is 6.26. The van der Waals surface area contributed by atoms with E-state index < -0.39 is 17.9 Å². The fourth-order valence-electron chi connectivity index (χ4n) is 4.57. The van der Waals surface area contributed by atoms with E-state index >= 15 is 0 Å². The second kappa shape index (κ2) is 10.5. The Balaban J connectivity index is 1.69. The average Bonchev–Trinajstić information content (AvgIpc) is 3.18. The molecule has 0 aromatic heterocycles. The summed E-state index contributed by atoms with van der Waals surface area (Å²) in [5.41, 5.74) is 2.11. The van der Waals surface area contributed by atoms with E-state index in [0.29, 0.717) is 34.0 Å². The van der Waals surface area contributed by atoms with Gasteiger partial charge in [0.1, 0.15) is 11.9 Å². The lowest BCUT2D eigenvalue weighted by Gasteiger charge is -2.33. The summed E-state index contributed by atoms with van der Waals surface area (Å²) in [6, 6.07) is 10.6. The smallest absolute Gasteiger partial charge is 0.322 e. The zero-order valence-electron chi connectivity index (χ0n) is 20.1. The van der Waals surface area contributed by atoms with Crippen molar-refractivity contribution in [3.8, 4) is 0 Å². The van der Waals surface area contributed by atoms with E-state index in [1.165, 1.54) is 34.1 Å². The van der Waals surface area contributed by atoms with Gasteiger partial charge in [0.2, 0.25) is 5.91 Å². The van der Waals surface area contributed by atoms with Crippen LogP contribution in [0.5, 0.6) is 0 Å². The molecule has 2 atom stereocenters. The van der Waals surface area contributed by atoms with E-state index in [4.69, 9.17) is 11.6 Å². The fraction of sp³-hybridized carbons (Fsp3) is 0.296. The molecule has 2 heterocycles. The first-order chi connectivity index (χ1) is 17.2. The second-order valence-corrected chi connectivity index (χ2v) is 9.70. The molecule has 0 radical (unpaired) electrons. The average molecular weight is 511 g/mol. The highest BCUT2D eigenvalue weighted by Gasteiger charge is 2.47. The van der Waals surface area contributed by atoms with Gasteiger partial charge in [-0.05, 0) is 54.3 Å². The summed E-state index contributed by atoms with van der Waals surface area (Å²) in [6.45, 7) is 8.00. The Morgan fingerprint density at radius 2 is 1.86 bits per heavy atom. The van der Waals surface area contributed by atoms with Gasteiger partial charge < -0.3 is 15.5 Å². The van der Waals surface area contributed by atoms with Gasteiger partial charge in [-0.25, -0.2) is 9.18 Å². The lowest BCUT2D eigenvalue weighted by molar-refractivity contribution is -0.134. The van der Waals surface area contributed by atoms with Crippen LogP contribution in [-0.4, -0.2) is 46.8 Å². The molecule has 9 heteroatoms. The number of carbonyl (C=O) groups is 3. The number of carbonyl (C=O) groups excluding carboxylic acids is 3. The van der Waals surface area contributed by atoms with Crippen molar-refractivity contribution in [3.05, 3.63) is 88.9 Å². The zero-order chi connectivity index (χ0) is 26.0. The minimum Gasteiger partial charge on any atom is -0.326 e. The molecule has 0 saturated heterocycles. The normalized spacial score (nSPS) is 18.3. The Bertz CT molecular complexity index is 1210. The molecule has 0 saturated carbocycles. The maximum absolute atomic E-state index is 13.9. The number of nitrogens with zero attached hydrogens (tertiary/aromatic N) is 2. The van der Waals surface area contributed by atoms with Gasteiger partial charge in [0.25, 0.3) is 5.91 Å². The van der Waals surface area contributed by atoms with Gasteiger partial charge in [-0.15, -0.1) is 6.58 Å². The number of hydrogen-bond acceptors (Lipinski definition) is 3. The highest BCUT2D eigenvalue weighted by molar-refractivity contribution is 6.30. The third-order valence-electron chi connectivity index (χ3n) is 6.25. The Kier molecular flexibility index (Phi) is 7.45. The van der Waals surface area contributed by atoms with Gasteiger partial charge >= 0.3 is 6.03 Å². The van der Waals surface area contributed by atoms with Crippen LogP contribution in [0.4, 0.5) is 14.9 Å².